The predicted molar refractivity (Wildman–Crippen MR) is 102 cm³/mol. The van der Waals surface area contributed by atoms with Crippen LogP contribution in [-0.2, 0) is 24.3 Å². The van der Waals surface area contributed by atoms with Crippen LogP contribution in [0.15, 0.2) is 35.3 Å². The van der Waals surface area contributed by atoms with E-state index in [-0.39, 0.29) is 11.2 Å². The summed E-state index contributed by atoms with van der Waals surface area (Å²) in [4.78, 5) is 19.9. The molecular weight excluding hydrogens is 340 g/mol. The van der Waals surface area contributed by atoms with Crippen molar-refractivity contribution in [2.24, 2.45) is 0 Å². The average Bonchev–Trinajstić information content (AvgIpc) is 2.93. The molecule has 24 heavy (non-hydrogen) atoms. The van der Waals surface area contributed by atoms with Crippen LogP contribution in [0.2, 0.25) is 0 Å². The molecule has 0 bridgehead atoms. The topological polar surface area (TPSA) is 44.1 Å². The van der Waals surface area contributed by atoms with Gasteiger partial charge in [0, 0.05) is 23.6 Å². The van der Waals surface area contributed by atoms with E-state index in [2.05, 4.69) is 27.0 Å². The van der Waals surface area contributed by atoms with Crippen LogP contribution < -0.4 is 5.56 Å². The van der Waals surface area contributed by atoms with Crippen molar-refractivity contribution in [3.63, 3.8) is 0 Å². The van der Waals surface area contributed by atoms with Crippen LogP contribution in [0.5, 0.6) is 0 Å². The summed E-state index contributed by atoms with van der Waals surface area (Å²) in [5.74, 6) is 0.719. The maximum Gasteiger partial charge on any atom is 0.263 e. The van der Waals surface area contributed by atoms with Gasteiger partial charge in [-0.15, -0.1) is 24.5 Å². The van der Waals surface area contributed by atoms with Gasteiger partial charge in [0.15, 0.2) is 5.16 Å². The second-order valence-corrected chi connectivity index (χ2v) is 8.22. The first-order valence-corrected chi connectivity index (χ1v) is 9.87. The van der Waals surface area contributed by atoms with Crippen LogP contribution in [0.3, 0.4) is 0 Å². The van der Waals surface area contributed by atoms with Gasteiger partial charge in [-0.3, -0.25) is 9.36 Å². The summed E-state index contributed by atoms with van der Waals surface area (Å²) in [7, 11) is 0. The smallest absolute Gasteiger partial charge is 0.263 e. The Bertz CT molecular complexity index is 853. The summed E-state index contributed by atoms with van der Waals surface area (Å²) in [5.41, 5.74) is 0.956. The van der Waals surface area contributed by atoms with Gasteiger partial charge >= 0.3 is 0 Å². The molecule has 0 fully saturated rings. The standard InChI is InChI=1S/C18H22N2O2S2/c1-5-8-20-16(21)14-12-10-18(4,7-3)22-11-13(12)24-15(14)19-17(20)23-9-6-2/h5-6H,1-2,7-11H2,3-4H3. The lowest BCUT2D eigenvalue weighted by Crippen LogP contribution is -2.34. The second kappa shape index (κ2) is 6.86. The van der Waals surface area contributed by atoms with E-state index in [0.717, 1.165) is 44.4 Å². The molecule has 4 nitrogen and oxygen atoms in total. The number of nitrogens with zero attached hydrogens (tertiary/aromatic N) is 2. The molecule has 1 aliphatic rings. The molecule has 0 aromatic carbocycles. The normalized spacial score (nSPS) is 20.1. The third-order valence-corrected chi connectivity index (χ3v) is 6.52. The summed E-state index contributed by atoms with van der Waals surface area (Å²) in [6.45, 7) is 12.8. The molecule has 3 rings (SSSR count). The molecule has 0 amide bonds. The fourth-order valence-electron chi connectivity index (χ4n) is 2.90. The molecule has 2 aromatic heterocycles. The molecule has 0 saturated heterocycles. The zero-order chi connectivity index (χ0) is 17.3. The highest BCUT2D eigenvalue weighted by Gasteiger charge is 2.33. The molecule has 1 aliphatic heterocycles. The second-order valence-electron chi connectivity index (χ2n) is 6.15. The Hall–Kier alpha value is -1.37. The average molecular weight is 363 g/mol. The lowest BCUT2D eigenvalue weighted by Gasteiger charge is -2.32. The Labute approximate surface area is 150 Å². The van der Waals surface area contributed by atoms with Gasteiger partial charge in [0.05, 0.1) is 17.6 Å². The molecule has 0 spiro atoms. The van der Waals surface area contributed by atoms with Crippen LogP contribution in [0.4, 0.5) is 0 Å². The number of fused-ring (bicyclic) bond motifs is 3. The lowest BCUT2D eigenvalue weighted by atomic mass is 9.90. The van der Waals surface area contributed by atoms with Crippen molar-refractivity contribution in [3.8, 4) is 0 Å². The number of allylic oxidation sites excluding steroid dienone is 1. The minimum absolute atomic E-state index is 0.0318. The summed E-state index contributed by atoms with van der Waals surface area (Å²) < 4.78 is 7.74. The van der Waals surface area contributed by atoms with Crippen LogP contribution in [0.25, 0.3) is 10.2 Å². The molecule has 6 heteroatoms. The van der Waals surface area contributed by atoms with Gasteiger partial charge in [0.1, 0.15) is 4.83 Å². The quantitative estimate of drug-likeness (QED) is 0.440. The molecule has 0 N–H and O–H groups in total. The van der Waals surface area contributed by atoms with Crippen molar-refractivity contribution < 1.29 is 4.74 Å². The van der Waals surface area contributed by atoms with Gasteiger partial charge in [-0.2, -0.15) is 0 Å². The predicted octanol–water partition coefficient (Wildman–Crippen LogP) is 4.16. The molecule has 0 aliphatic carbocycles. The van der Waals surface area contributed by atoms with Crippen molar-refractivity contribution in [3.05, 3.63) is 46.1 Å². The van der Waals surface area contributed by atoms with Crippen LogP contribution in [-0.4, -0.2) is 20.9 Å². The fourth-order valence-corrected chi connectivity index (χ4v) is 4.78. The van der Waals surface area contributed by atoms with E-state index >= 15 is 0 Å². The van der Waals surface area contributed by atoms with Gasteiger partial charge in [-0.1, -0.05) is 30.8 Å². The zero-order valence-corrected chi connectivity index (χ0v) is 15.8. The van der Waals surface area contributed by atoms with Gasteiger partial charge in [0.2, 0.25) is 0 Å². The summed E-state index contributed by atoms with van der Waals surface area (Å²) in [6.07, 6.45) is 5.25. The molecule has 128 valence electrons. The highest BCUT2D eigenvalue weighted by molar-refractivity contribution is 7.99. The van der Waals surface area contributed by atoms with Gasteiger partial charge in [0.25, 0.3) is 5.56 Å². The number of thiophene rings is 1. The Morgan fingerprint density at radius 1 is 1.46 bits per heavy atom. The first-order chi connectivity index (χ1) is 11.5. The SMILES string of the molecule is C=CCSc1nc2sc3c(c2c(=O)n1CC=C)CC(C)(CC)OC3. The van der Waals surface area contributed by atoms with E-state index in [1.807, 2.05) is 6.08 Å². The van der Waals surface area contributed by atoms with Crippen molar-refractivity contribution in [1.82, 2.24) is 9.55 Å². The van der Waals surface area contributed by atoms with Gasteiger partial charge in [-0.25, -0.2) is 4.98 Å². The maximum absolute atomic E-state index is 13.1. The highest BCUT2D eigenvalue weighted by atomic mass is 32.2. The number of aromatic nitrogens is 2. The third-order valence-electron chi connectivity index (χ3n) is 4.45. The minimum atomic E-state index is -0.201. The van der Waals surface area contributed by atoms with E-state index in [0.29, 0.717) is 13.2 Å². The Morgan fingerprint density at radius 3 is 2.92 bits per heavy atom. The Kier molecular flexibility index (Phi) is 4.99. The molecule has 0 saturated carbocycles. The third kappa shape index (κ3) is 2.98. The molecule has 0 radical (unpaired) electrons. The van der Waals surface area contributed by atoms with Crippen LogP contribution in [0.1, 0.15) is 30.7 Å². The Morgan fingerprint density at radius 2 is 2.25 bits per heavy atom. The lowest BCUT2D eigenvalue weighted by molar-refractivity contribution is -0.0543. The largest absolute Gasteiger partial charge is 0.369 e. The van der Waals surface area contributed by atoms with Crippen LogP contribution in [0, 0.1) is 0 Å². The van der Waals surface area contributed by atoms with E-state index in [1.165, 1.54) is 11.8 Å². The first kappa shape index (κ1) is 17.5. The van der Waals surface area contributed by atoms with Crippen molar-refractivity contribution >= 4 is 33.3 Å². The summed E-state index contributed by atoms with van der Waals surface area (Å²) >= 11 is 3.11. The highest BCUT2D eigenvalue weighted by Crippen LogP contribution is 2.38. The van der Waals surface area contributed by atoms with Crippen molar-refractivity contribution in [2.45, 2.75) is 50.6 Å². The Balaban J connectivity index is 2.20. The molecule has 2 aromatic rings. The zero-order valence-electron chi connectivity index (χ0n) is 14.1. The maximum atomic E-state index is 13.1. The van der Waals surface area contributed by atoms with E-state index in [1.54, 1.807) is 22.0 Å². The summed E-state index contributed by atoms with van der Waals surface area (Å²) in [5, 5.41) is 1.49. The van der Waals surface area contributed by atoms with Gasteiger partial charge in [-0.05, 0) is 18.9 Å². The molecule has 1 unspecified atom stereocenters. The fraction of sp³-hybridized carbons (Fsp3) is 0.444. The number of hydrogen-bond donors (Lipinski definition) is 0. The summed E-state index contributed by atoms with van der Waals surface area (Å²) in [6, 6.07) is 0. The number of thioether (sulfide) groups is 1. The van der Waals surface area contributed by atoms with E-state index < -0.39 is 0 Å². The van der Waals surface area contributed by atoms with Crippen molar-refractivity contribution in [1.29, 1.82) is 0 Å². The number of hydrogen-bond acceptors (Lipinski definition) is 5. The van der Waals surface area contributed by atoms with E-state index in [9.17, 15) is 4.79 Å². The molecule has 3 heterocycles. The molecular formula is C18H22N2O2S2. The van der Waals surface area contributed by atoms with Gasteiger partial charge < -0.3 is 4.74 Å². The monoisotopic (exact) mass is 362 g/mol. The van der Waals surface area contributed by atoms with Crippen molar-refractivity contribution in [2.75, 3.05) is 5.75 Å². The van der Waals surface area contributed by atoms with E-state index in [4.69, 9.17) is 9.72 Å². The number of ether oxygens (including phenoxy) is 1. The molecule has 1 atom stereocenters. The number of rotatable bonds is 6. The first-order valence-electron chi connectivity index (χ1n) is 8.06. The minimum Gasteiger partial charge on any atom is -0.369 e. The van der Waals surface area contributed by atoms with Crippen LogP contribution >= 0.6 is 23.1 Å².